The van der Waals surface area contributed by atoms with Crippen LogP contribution in [0.4, 0.5) is 13.2 Å². The van der Waals surface area contributed by atoms with Gasteiger partial charge in [-0.05, 0) is 24.5 Å². The van der Waals surface area contributed by atoms with E-state index in [0.29, 0.717) is 6.42 Å². The maximum absolute atomic E-state index is 13.1. The first-order chi connectivity index (χ1) is 9.82. The summed E-state index contributed by atoms with van der Waals surface area (Å²) in [6.07, 6.45) is -4.90. The average molecular weight is 303 g/mol. The number of β-amino-alcohol motifs (C(OH)–C–C–N with tert-alkyl or cyclic N) is 2. The SMILES string of the molecule is CC[C@H](O)CN1C[C@@H](O)C[C@@H]1c1ccccc1C(F)(F)F. The second-order valence-corrected chi connectivity index (χ2v) is 5.51. The molecule has 0 saturated carbocycles. The van der Waals surface area contributed by atoms with Gasteiger partial charge in [-0.2, -0.15) is 13.2 Å². The van der Waals surface area contributed by atoms with Crippen molar-refractivity contribution in [1.29, 1.82) is 0 Å². The Bertz CT molecular complexity index is 478. The van der Waals surface area contributed by atoms with Gasteiger partial charge in [0, 0.05) is 19.1 Å². The molecule has 3 atom stereocenters. The van der Waals surface area contributed by atoms with Gasteiger partial charge >= 0.3 is 6.18 Å². The number of aliphatic hydroxyl groups excluding tert-OH is 2. The standard InChI is InChI=1S/C15H20F3NO2/c1-2-10(20)8-19-9-11(21)7-14(19)12-5-3-4-6-13(12)15(16,17)18/h3-6,10-11,14,20-21H,2,7-9H2,1H3/t10-,11-,14+/m0/s1. The van der Waals surface area contributed by atoms with E-state index in [1.54, 1.807) is 11.0 Å². The lowest BCUT2D eigenvalue weighted by atomic mass is 9.97. The Morgan fingerprint density at radius 1 is 1.33 bits per heavy atom. The zero-order valence-corrected chi connectivity index (χ0v) is 11.8. The van der Waals surface area contributed by atoms with Crippen LogP contribution in [0.3, 0.4) is 0 Å². The van der Waals surface area contributed by atoms with Crippen LogP contribution in [0.15, 0.2) is 24.3 Å². The Kier molecular flexibility index (Phi) is 4.91. The van der Waals surface area contributed by atoms with Crippen molar-refractivity contribution in [3.63, 3.8) is 0 Å². The average Bonchev–Trinajstić information content (AvgIpc) is 2.78. The number of likely N-dealkylation sites (tertiary alicyclic amines) is 1. The van der Waals surface area contributed by atoms with Crippen molar-refractivity contribution in [2.75, 3.05) is 13.1 Å². The molecule has 0 aromatic heterocycles. The summed E-state index contributed by atoms with van der Waals surface area (Å²) >= 11 is 0. The van der Waals surface area contributed by atoms with Crippen molar-refractivity contribution in [3.05, 3.63) is 35.4 Å². The second-order valence-electron chi connectivity index (χ2n) is 5.51. The van der Waals surface area contributed by atoms with Crippen LogP contribution in [0.1, 0.15) is 36.9 Å². The number of halogens is 3. The molecule has 2 rings (SSSR count). The lowest BCUT2D eigenvalue weighted by Gasteiger charge is -2.28. The summed E-state index contributed by atoms with van der Waals surface area (Å²) in [4.78, 5) is 1.74. The Morgan fingerprint density at radius 3 is 2.62 bits per heavy atom. The Balaban J connectivity index is 2.31. The summed E-state index contributed by atoms with van der Waals surface area (Å²) in [7, 11) is 0. The van der Waals surface area contributed by atoms with E-state index in [9.17, 15) is 23.4 Å². The fourth-order valence-corrected chi connectivity index (χ4v) is 2.85. The first kappa shape index (κ1) is 16.3. The van der Waals surface area contributed by atoms with Crippen LogP contribution in [0.2, 0.25) is 0 Å². The van der Waals surface area contributed by atoms with Gasteiger partial charge in [-0.3, -0.25) is 4.90 Å². The fraction of sp³-hybridized carbons (Fsp3) is 0.600. The molecule has 118 valence electrons. The number of aliphatic hydroxyl groups is 2. The van der Waals surface area contributed by atoms with Crippen molar-refractivity contribution in [1.82, 2.24) is 4.90 Å². The number of hydrogen-bond donors (Lipinski definition) is 2. The molecule has 1 aliphatic heterocycles. The zero-order chi connectivity index (χ0) is 15.6. The highest BCUT2D eigenvalue weighted by Crippen LogP contribution is 2.40. The molecular formula is C15H20F3NO2. The normalized spacial score (nSPS) is 25.2. The van der Waals surface area contributed by atoms with Crippen molar-refractivity contribution in [2.45, 2.75) is 44.2 Å². The lowest BCUT2D eigenvalue weighted by molar-refractivity contribution is -0.138. The number of hydrogen-bond acceptors (Lipinski definition) is 3. The summed E-state index contributed by atoms with van der Waals surface area (Å²) in [6.45, 7) is 2.37. The Morgan fingerprint density at radius 2 is 2.00 bits per heavy atom. The van der Waals surface area contributed by atoms with Crippen LogP contribution in [-0.2, 0) is 6.18 Å². The summed E-state index contributed by atoms with van der Waals surface area (Å²) in [6, 6.07) is 4.94. The molecular weight excluding hydrogens is 283 g/mol. The van der Waals surface area contributed by atoms with Gasteiger partial charge in [-0.25, -0.2) is 0 Å². The smallest absolute Gasteiger partial charge is 0.392 e. The Hall–Kier alpha value is -1.11. The van der Waals surface area contributed by atoms with Gasteiger partial charge < -0.3 is 10.2 Å². The number of benzene rings is 1. The first-order valence-corrected chi connectivity index (χ1v) is 7.09. The largest absolute Gasteiger partial charge is 0.416 e. The molecule has 1 heterocycles. The zero-order valence-electron chi connectivity index (χ0n) is 11.8. The molecule has 1 aliphatic rings. The van der Waals surface area contributed by atoms with E-state index in [1.807, 2.05) is 6.92 Å². The summed E-state index contributed by atoms with van der Waals surface area (Å²) in [5, 5.41) is 19.6. The van der Waals surface area contributed by atoms with Crippen LogP contribution in [-0.4, -0.2) is 40.4 Å². The quantitative estimate of drug-likeness (QED) is 0.898. The second kappa shape index (κ2) is 6.34. The fourth-order valence-electron chi connectivity index (χ4n) is 2.85. The molecule has 3 nitrogen and oxygen atoms in total. The van der Waals surface area contributed by atoms with Gasteiger partial charge in [-0.1, -0.05) is 25.1 Å². The van der Waals surface area contributed by atoms with Gasteiger partial charge in [0.05, 0.1) is 17.8 Å². The van der Waals surface area contributed by atoms with Crippen molar-refractivity contribution < 1.29 is 23.4 Å². The minimum atomic E-state index is -4.42. The number of nitrogens with zero attached hydrogens (tertiary/aromatic N) is 1. The van der Waals surface area contributed by atoms with Gasteiger partial charge in [-0.15, -0.1) is 0 Å². The van der Waals surface area contributed by atoms with E-state index in [4.69, 9.17) is 0 Å². The molecule has 6 heteroatoms. The topological polar surface area (TPSA) is 43.7 Å². The molecule has 1 saturated heterocycles. The molecule has 0 unspecified atom stereocenters. The summed E-state index contributed by atoms with van der Waals surface area (Å²) < 4.78 is 39.4. The van der Waals surface area contributed by atoms with Crippen LogP contribution in [0.5, 0.6) is 0 Å². The maximum atomic E-state index is 13.1. The highest BCUT2D eigenvalue weighted by Gasteiger charge is 2.39. The predicted molar refractivity (Wildman–Crippen MR) is 72.7 cm³/mol. The minimum Gasteiger partial charge on any atom is -0.392 e. The molecule has 0 bridgehead atoms. The van der Waals surface area contributed by atoms with Crippen LogP contribution in [0, 0.1) is 0 Å². The van der Waals surface area contributed by atoms with E-state index in [-0.39, 0.29) is 25.1 Å². The van der Waals surface area contributed by atoms with Crippen LogP contribution >= 0.6 is 0 Å². The van der Waals surface area contributed by atoms with Gasteiger partial charge in [0.15, 0.2) is 0 Å². The maximum Gasteiger partial charge on any atom is 0.416 e. The van der Waals surface area contributed by atoms with E-state index in [0.717, 1.165) is 6.07 Å². The number of rotatable bonds is 4. The molecule has 0 amide bonds. The van der Waals surface area contributed by atoms with Gasteiger partial charge in [0.2, 0.25) is 0 Å². The summed E-state index contributed by atoms with van der Waals surface area (Å²) in [5.41, 5.74) is -0.495. The Labute approximate surface area is 122 Å². The third kappa shape index (κ3) is 3.75. The lowest BCUT2D eigenvalue weighted by Crippen LogP contribution is -2.33. The summed E-state index contributed by atoms with van der Waals surface area (Å²) in [5.74, 6) is 0. The van der Waals surface area contributed by atoms with Gasteiger partial charge in [0.25, 0.3) is 0 Å². The van der Waals surface area contributed by atoms with Gasteiger partial charge in [0.1, 0.15) is 0 Å². The first-order valence-electron chi connectivity index (χ1n) is 7.09. The molecule has 0 spiro atoms. The highest BCUT2D eigenvalue weighted by molar-refractivity contribution is 5.33. The van der Waals surface area contributed by atoms with E-state index in [2.05, 4.69) is 0 Å². The number of alkyl halides is 3. The van der Waals surface area contributed by atoms with E-state index >= 15 is 0 Å². The molecule has 0 aliphatic carbocycles. The van der Waals surface area contributed by atoms with E-state index in [1.165, 1.54) is 12.1 Å². The molecule has 2 N–H and O–H groups in total. The monoisotopic (exact) mass is 303 g/mol. The molecule has 1 fully saturated rings. The molecule has 1 aromatic carbocycles. The third-order valence-electron chi connectivity index (χ3n) is 3.92. The highest BCUT2D eigenvalue weighted by atomic mass is 19.4. The third-order valence-corrected chi connectivity index (χ3v) is 3.92. The molecule has 21 heavy (non-hydrogen) atoms. The van der Waals surface area contributed by atoms with Crippen molar-refractivity contribution in [2.24, 2.45) is 0 Å². The predicted octanol–water partition coefficient (Wildman–Crippen LogP) is 2.58. The van der Waals surface area contributed by atoms with E-state index < -0.39 is 30.0 Å². The molecule has 1 aromatic rings. The van der Waals surface area contributed by atoms with Crippen LogP contribution in [0.25, 0.3) is 0 Å². The molecule has 0 radical (unpaired) electrons. The van der Waals surface area contributed by atoms with Crippen LogP contribution < -0.4 is 0 Å². The minimum absolute atomic E-state index is 0.171. The van der Waals surface area contributed by atoms with Crippen molar-refractivity contribution >= 4 is 0 Å². The van der Waals surface area contributed by atoms with Crippen molar-refractivity contribution in [3.8, 4) is 0 Å².